The van der Waals surface area contributed by atoms with E-state index in [0.29, 0.717) is 19.5 Å². The van der Waals surface area contributed by atoms with Gasteiger partial charge in [0.2, 0.25) is 11.8 Å². The highest BCUT2D eigenvalue weighted by atomic mass is 16.2. The largest absolute Gasteiger partial charge is 0.351 e. The van der Waals surface area contributed by atoms with E-state index >= 15 is 0 Å². The van der Waals surface area contributed by atoms with E-state index in [1.807, 2.05) is 0 Å². The summed E-state index contributed by atoms with van der Waals surface area (Å²) in [5.74, 6) is 0.147. The predicted molar refractivity (Wildman–Crippen MR) is 64.1 cm³/mol. The summed E-state index contributed by atoms with van der Waals surface area (Å²) < 4.78 is 0. The van der Waals surface area contributed by atoms with Crippen molar-refractivity contribution >= 4 is 11.8 Å². The lowest BCUT2D eigenvalue weighted by Gasteiger charge is -2.27. The van der Waals surface area contributed by atoms with Crippen LogP contribution in [0.5, 0.6) is 0 Å². The van der Waals surface area contributed by atoms with Gasteiger partial charge in [-0.15, -0.1) is 0 Å². The zero-order valence-corrected chi connectivity index (χ0v) is 10.4. The summed E-state index contributed by atoms with van der Waals surface area (Å²) in [6.45, 7) is 1.03. The molecule has 1 saturated heterocycles. The molecule has 3 N–H and O–H groups in total. The highest BCUT2D eigenvalue weighted by Crippen LogP contribution is 2.37. The fraction of sp³-hybridized carbons (Fsp3) is 0.833. The van der Waals surface area contributed by atoms with E-state index in [1.165, 1.54) is 0 Å². The first-order chi connectivity index (χ1) is 8.07. The van der Waals surface area contributed by atoms with Crippen molar-refractivity contribution in [2.24, 2.45) is 11.1 Å². The fourth-order valence-electron chi connectivity index (χ4n) is 2.87. The van der Waals surface area contributed by atoms with Crippen LogP contribution in [0.3, 0.4) is 0 Å². The van der Waals surface area contributed by atoms with Gasteiger partial charge in [0, 0.05) is 26.6 Å². The van der Waals surface area contributed by atoms with Crippen molar-refractivity contribution in [1.29, 1.82) is 0 Å². The number of nitrogens with one attached hydrogen (secondary N) is 1. The van der Waals surface area contributed by atoms with Crippen molar-refractivity contribution < 1.29 is 9.59 Å². The molecule has 2 amide bonds. The van der Waals surface area contributed by atoms with Gasteiger partial charge in [0.1, 0.15) is 0 Å². The van der Waals surface area contributed by atoms with Crippen LogP contribution in [0.25, 0.3) is 0 Å². The van der Waals surface area contributed by atoms with Gasteiger partial charge >= 0.3 is 0 Å². The van der Waals surface area contributed by atoms with Crippen molar-refractivity contribution in [2.45, 2.75) is 38.1 Å². The second kappa shape index (κ2) is 4.64. The van der Waals surface area contributed by atoms with Gasteiger partial charge in [0.05, 0.1) is 11.5 Å². The predicted octanol–water partition coefficient (Wildman–Crippen LogP) is -0.148. The molecule has 5 heteroatoms. The zero-order valence-electron chi connectivity index (χ0n) is 10.4. The molecule has 2 fully saturated rings. The van der Waals surface area contributed by atoms with E-state index in [4.69, 9.17) is 5.73 Å². The number of carbonyl (C=O) groups excluding carboxylic acids is 2. The van der Waals surface area contributed by atoms with Crippen LogP contribution >= 0.6 is 0 Å². The van der Waals surface area contributed by atoms with Crippen LogP contribution in [0.15, 0.2) is 0 Å². The lowest BCUT2D eigenvalue weighted by molar-refractivity contribution is -0.131. The molecule has 1 unspecified atom stereocenters. The second-order valence-corrected chi connectivity index (χ2v) is 5.34. The molecule has 96 valence electrons. The Kier molecular flexibility index (Phi) is 3.38. The van der Waals surface area contributed by atoms with Gasteiger partial charge < -0.3 is 16.0 Å². The van der Waals surface area contributed by atoms with Crippen LogP contribution in [0.4, 0.5) is 0 Å². The summed E-state index contributed by atoms with van der Waals surface area (Å²) in [4.78, 5) is 25.3. The molecule has 2 rings (SSSR count). The lowest BCUT2D eigenvalue weighted by atomic mass is 9.85. The van der Waals surface area contributed by atoms with Crippen LogP contribution in [0.1, 0.15) is 32.1 Å². The Morgan fingerprint density at radius 1 is 1.53 bits per heavy atom. The molecule has 0 radical (unpaired) electrons. The first-order valence-electron chi connectivity index (χ1n) is 6.32. The Balaban J connectivity index is 1.95. The Labute approximate surface area is 102 Å². The number of nitrogens with two attached hydrogens (primary N) is 1. The van der Waals surface area contributed by atoms with Crippen molar-refractivity contribution in [3.63, 3.8) is 0 Å². The van der Waals surface area contributed by atoms with Gasteiger partial charge in [0.25, 0.3) is 0 Å². The van der Waals surface area contributed by atoms with E-state index in [2.05, 4.69) is 5.32 Å². The lowest BCUT2D eigenvalue weighted by Crippen LogP contribution is -2.48. The quantitative estimate of drug-likeness (QED) is 0.719. The SMILES string of the molecule is CN1CC(NC(=O)C2(CN)CCCC2)CC1=O. The Morgan fingerprint density at radius 2 is 2.18 bits per heavy atom. The summed E-state index contributed by atoms with van der Waals surface area (Å²) in [7, 11) is 1.77. The van der Waals surface area contributed by atoms with E-state index in [-0.39, 0.29) is 23.3 Å². The molecule has 0 aromatic carbocycles. The molecule has 2 aliphatic rings. The third kappa shape index (κ3) is 2.29. The summed E-state index contributed by atoms with van der Waals surface area (Å²) in [5, 5.41) is 2.99. The maximum absolute atomic E-state index is 12.2. The Hall–Kier alpha value is -1.10. The maximum atomic E-state index is 12.2. The molecular weight excluding hydrogens is 218 g/mol. The molecule has 1 heterocycles. The molecule has 17 heavy (non-hydrogen) atoms. The first-order valence-corrected chi connectivity index (χ1v) is 6.32. The van der Waals surface area contributed by atoms with Crippen molar-refractivity contribution in [1.82, 2.24) is 10.2 Å². The van der Waals surface area contributed by atoms with Crippen LogP contribution in [-0.4, -0.2) is 42.9 Å². The summed E-state index contributed by atoms with van der Waals surface area (Å²) in [6.07, 6.45) is 4.34. The summed E-state index contributed by atoms with van der Waals surface area (Å²) in [6, 6.07) is -0.0379. The average molecular weight is 239 g/mol. The third-order valence-corrected chi connectivity index (χ3v) is 4.11. The number of nitrogens with zero attached hydrogens (tertiary/aromatic N) is 1. The zero-order chi connectivity index (χ0) is 12.5. The number of likely N-dealkylation sites (tertiary alicyclic amines) is 1. The van der Waals surface area contributed by atoms with E-state index in [9.17, 15) is 9.59 Å². The van der Waals surface area contributed by atoms with Gasteiger partial charge in [-0.05, 0) is 12.8 Å². The molecule has 0 spiro atoms. The second-order valence-electron chi connectivity index (χ2n) is 5.34. The van der Waals surface area contributed by atoms with Crippen LogP contribution in [-0.2, 0) is 9.59 Å². The van der Waals surface area contributed by atoms with Gasteiger partial charge in [-0.1, -0.05) is 12.8 Å². The van der Waals surface area contributed by atoms with Crippen molar-refractivity contribution in [3.8, 4) is 0 Å². The Bertz CT molecular complexity index is 324. The number of amides is 2. The highest BCUT2D eigenvalue weighted by Gasteiger charge is 2.41. The number of hydrogen-bond donors (Lipinski definition) is 2. The number of rotatable bonds is 3. The highest BCUT2D eigenvalue weighted by molar-refractivity contribution is 5.85. The molecular formula is C12H21N3O2. The number of carbonyl (C=O) groups is 2. The van der Waals surface area contributed by atoms with Crippen molar-refractivity contribution in [2.75, 3.05) is 20.1 Å². The minimum atomic E-state index is -0.371. The molecule has 1 aliphatic carbocycles. The number of likely N-dealkylation sites (N-methyl/N-ethyl adjacent to an activating group) is 1. The number of hydrogen-bond acceptors (Lipinski definition) is 3. The minimum absolute atomic E-state index is 0.0379. The molecule has 1 aliphatic heterocycles. The van der Waals surface area contributed by atoms with Crippen molar-refractivity contribution in [3.05, 3.63) is 0 Å². The average Bonchev–Trinajstić information content (AvgIpc) is 2.88. The van der Waals surface area contributed by atoms with E-state index < -0.39 is 0 Å². The molecule has 0 aromatic rings. The maximum Gasteiger partial charge on any atom is 0.227 e. The summed E-state index contributed by atoms with van der Waals surface area (Å²) >= 11 is 0. The molecule has 5 nitrogen and oxygen atoms in total. The monoisotopic (exact) mass is 239 g/mol. The molecule has 0 aromatic heterocycles. The van der Waals surface area contributed by atoms with Gasteiger partial charge in [0.15, 0.2) is 0 Å². The van der Waals surface area contributed by atoms with Gasteiger partial charge in [-0.25, -0.2) is 0 Å². The first kappa shape index (κ1) is 12.4. The van der Waals surface area contributed by atoms with Crippen LogP contribution in [0.2, 0.25) is 0 Å². The van der Waals surface area contributed by atoms with Gasteiger partial charge in [-0.2, -0.15) is 0 Å². The third-order valence-electron chi connectivity index (χ3n) is 4.11. The minimum Gasteiger partial charge on any atom is -0.351 e. The molecule has 0 bridgehead atoms. The van der Waals surface area contributed by atoms with E-state index in [1.54, 1.807) is 11.9 Å². The van der Waals surface area contributed by atoms with E-state index in [0.717, 1.165) is 25.7 Å². The van der Waals surface area contributed by atoms with Crippen LogP contribution in [0, 0.1) is 5.41 Å². The summed E-state index contributed by atoms with van der Waals surface area (Å²) in [5.41, 5.74) is 5.39. The standard InChI is InChI=1S/C12H21N3O2/c1-15-7-9(6-10(15)16)14-11(17)12(8-13)4-2-3-5-12/h9H,2-8,13H2,1H3,(H,14,17). The topological polar surface area (TPSA) is 75.4 Å². The molecule has 1 saturated carbocycles. The fourth-order valence-corrected chi connectivity index (χ4v) is 2.87. The van der Waals surface area contributed by atoms with Crippen LogP contribution < -0.4 is 11.1 Å². The van der Waals surface area contributed by atoms with Gasteiger partial charge in [-0.3, -0.25) is 9.59 Å². The smallest absolute Gasteiger partial charge is 0.227 e. The molecule has 1 atom stereocenters. The normalized spacial score (nSPS) is 27.5. The Morgan fingerprint density at radius 3 is 2.65 bits per heavy atom.